The number of rotatable bonds is 5. The lowest BCUT2D eigenvalue weighted by atomic mass is 9.98. The van der Waals surface area contributed by atoms with Gasteiger partial charge in [-0.15, -0.1) is 0 Å². The van der Waals surface area contributed by atoms with Gasteiger partial charge in [-0.05, 0) is 30.0 Å². The van der Waals surface area contributed by atoms with Gasteiger partial charge in [0.25, 0.3) is 0 Å². The molecule has 1 fully saturated rings. The van der Waals surface area contributed by atoms with Crippen LogP contribution in [0.3, 0.4) is 0 Å². The van der Waals surface area contributed by atoms with E-state index in [-0.39, 0.29) is 11.9 Å². The molecule has 1 amide bonds. The minimum atomic E-state index is 0.0317. The van der Waals surface area contributed by atoms with Gasteiger partial charge in [-0.1, -0.05) is 26.0 Å². The smallest absolute Gasteiger partial charge is 0.226 e. The Hall–Kier alpha value is -1.39. The fourth-order valence-electron chi connectivity index (χ4n) is 2.32. The molecule has 0 aliphatic carbocycles. The summed E-state index contributed by atoms with van der Waals surface area (Å²) in [6.45, 7) is 6.55. The molecule has 1 aliphatic heterocycles. The Morgan fingerprint density at radius 3 is 2.80 bits per heavy atom. The van der Waals surface area contributed by atoms with Gasteiger partial charge in [-0.3, -0.25) is 4.79 Å². The third-order valence-corrected chi connectivity index (χ3v) is 3.81. The van der Waals surface area contributed by atoms with Crippen LogP contribution >= 0.6 is 0 Å². The van der Waals surface area contributed by atoms with E-state index < -0.39 is 0 Å². The van der Waals surface area contributed by atoms with Crippen molar-refractivity contribution in [2.75, 3.05) is 25.1 Å². The Morgan fingerprint density at radius 2 is 2.20 bits per heavy atom. The summed E-state index contributed by atoms with van der Waals surface area (Å²) in [6.07, 6.45) is 1.58. The summed E-state index contributed by atoms with van der Waals surface area (Å²) in [7, 11) is 0. The van der Waals surface area contributed by atoms with E-state index in [0.717, 1.165) is 25.3 Å². The Morgan fingerprint density at radius 1 is 1.45 bits per heavy atom. The highest BCUT2D eigenvalue weighted by Gasteiger charge is 2.16. The fraction of sp³-hybridized carbons (Fsp3) is 0.562. The van der Waals surface area contributed by atoms with Gasteiger partial charge in [0.05, 0.1) is 13.2 Å². The first-order chi connectivity index (χ1) is 9.69. The number of morpholine rings is 1. The van der Waals surface area contributed by atoms with Gasteiger partial charge in [-0.25, -0.2) is 0 Å². The Bertz CT molecular complexity index is 425. The van der Waals surface area contributed by atoms with Gasteiger partial charge in [-0.2, -0.15) is 0 Å². The maximum Gasteiger partial charge on any atom is 0.226 e. The lowest BCUT2D eigenvalue weighted by molar-refractivity contribution is -0.117. The number of carbonyl (C=O) groups excluding carboxylic acids is 1. The van der Waals surface area contributed by atoms with E-state index in [2.05, 4.69) is 36.6 Å². The summed E-state index contributed by atoms with van der Waals surface area (Å²) >= 11 is 0. The molecule has 0 bridgehead atoms. The number of amides is 1. The van der Waals surface area contributed by atoms with Crippen molar-refractivity contribution in [1.29, 1.82) is 0 Å². The van der Waals surface area contributed by atoms with Gasteiger partial charge in [0.1, 0.15) is 0 Å². The maximum absolute atomic E-state index is 11.9. The van der Waals surface area contributed by atoms with Crippen molar-refractivity contribution in [3.8, 4) is 0 Å². The van der Waals surface area contributed by atoms with Crippen molar-refractivity contribution in [2.24, 2.45) is 0 Å². The zero-order chi connectivity index (χ0) is 14.4. The molecule has 1 aromatic rings. The van der Waals surface area contributed by atoms with E-state index in [1.54, 1.807) is 0 Å². The second-order valence-electron chi connectivity index (χ2n) is 5.41. The molecule has 1 heterocycles. The lowest BCUT2D eigenvalue weighted by Gasteiger charge is -2.23. The molecule has 0 radical (unpaired) electrons. The zero-order valence-corrected chi connectivity index (χ0v) is 12.3. The molecular formula is C16H24N2O2. The molecule has 1 aliphatic rings. The molecule has 1 aromatic carbocycles. The molecule has 2 atom stereocenters. The first kappa shape index (κ1) is 15.0. The van der Waals surface area contributed by atoms with Crippen LogP contribution in [0.2, 0.25) is 0 Å². The van der Waals surface area contributed by atoms with Crippen LogP contribution in [-0.2, 0) is 9.53 Å². The SMILES string of the molecule is CCC(C)c1ccc(NC(=O)CC2COCCN2)cc1. The average molecular weight is 276 g/mol. The van der Waals surface area contributed by atoms with Crippen LogP contribution in [-0.4, -0.2) is 31.7 Å². The van der Waals surface area contributed by atoms with Crippen LogP contribution in [0.1, 0.15) is 38.2 Å². The van der Waals surface area contributed by atoms with Gasteiger partial charge in [0.15, 0.2) is 0 Å². The number of hydrogen-bond acceptors (Lipinski definition) is 3. The standard InChI is InChI=1S/C16H24N2O2/c1-3-12(2)13-4-6-14(7-5-13)18-16(19)10-15-11-20-9-8-17-15/h4-7,12,15,17H,3,8-11H2,1-2H3,(H,18,19). The molecule has 1 saturated heterocycles. The van der Waals surface area contributed by atoms with Crippen LogP contribution in [0.5, 0.6) is 0 Å². The molecule has 2 N–H and O–H groups in total. The van der Waals surface area contributed by atoms with Crippen molar-refractivity contribution in [1.82, 2.24) is 5.32 Å². The zero-order valence-electron chi connectivity index (χ0n) is 12.3. The maximum atomic E-state index is 11.9. The number of ether oxygens (including phenoxy) is 1. The van der Waals surface area contributed by atoms with Crippen LogP contribution in [0.15, 0.2) is 24.3 Å². The number of carbonyl (C=O) groups is 1. The van der Waals surface area contributed by atoms with Crippen molar-refractivity contribution in [2.45, 2.75) is 38.6 Å². The quantitative estimate of drug-likeness (QED) is 0.869. The summed E-state index contributed by atoms with van der Waals surface area (Å²) in [6, 6.07) is 8.26. The van der Waals surface area contributed by atoms with Crippen molar-refractivity contribution in [3.05, 3.63) is 29.8 Å². The second kappa shape index (κ2) is 7.41. The highest BCUT2D eigenvalue weighted by molar-refractivity contribution is 5.91. The van der Waals surface area contributed by atoms with E-state index in [1.165, 1.54) is 5.56 Å². The van der Waals surface area contributed by atoms with Crippen molar-refractivity contribution >= 4 is 11.6 Å². The first-order valence-corrected chi connectivity index (χ1v) is 7.40. The second-order valence-corrected chi connectivity index (χ2v) is 5.41. The average Bonchev–Trinajstić information content (AvgIpc) is 2.48. The molecule has 0 aromatic heterocycles. The van der Waals surface area contributed by atoms with Crippen molar-refractivity contribution in [3.63, 3.8) is 0 Å². The Labute approximate surface area is 120 Å². The molecule has 20 heavy (non-hydrogen) atoms. The Kier molecular flexibility index (Phi) is 5.56. The normalized spacial score (nSPS) is 20.4. The van der Waals surface area contributed by atoms with E-state index in [1.807, 2.05) is 12.1 Å². The molecule has 2 unspecified atom stereocenters. The number of anilines is 1. The molecule has 2 rings (SSSR count). The predicted octanol–water partition coefficient (Wildman–Crippen LogP) is 2.52. The molecule has 4 nitrogen and oxygen atoms in total. The highest BCUT2D eigenvalue weighted by Crippen LogP contribution is 2.20. The van der Waals surface area contributed by atoms with E-state index in [9.17, 15) is 4.79 Å². The van der Waals surface area contributed by atoms with Gasteiger partial charge in [0.2, 0.25) is 5.91 Å². The highest BCUT2D eigenvalue weighted by atomic mass is 16.5. The summed E-state index contributed by atoms with van der Waals surface area (Å²) in [4.78, 5) is 11.9. The minimum Gasteiger partial charge on any atom is -0.378 e. The van der Waals surface area contributed by atoms with Gasteiger partial charge in [0, 0.05) is 24.7 Å². The molecule has 110 valence electrons. The van der Waals surface area contributed by atoms with Gasteiger partial charge < -0.3 is 15.4 Å². The summed E-state index contributed by atoms with van der Waals surface area (Å²) in [5, 5.41) is 6.22. The van der Waals surface area contributed by atoms with Crippen LogP contribution in [0, 0.1) is 0 Å². The van der Waals surface area contributed by atoms with Crippen LogP contribution < -0.4 is 10.6 Å². The largest absolute Gasteiger partial charge is 0.378 e. The molecule has 0 spiro atoms. The number of benzene rings is 1. The Balaban J connectivity index is 1.84. The van der Waals surface area contributed by atoms with E-state index in [4.69, 9.17) is 4.74 Å². The van der Waals surface area contributed by atoms with Crippen LogP contribution in [0.25, 0.3) is 0 Å². The van der Waals surface area contributed by atoms with Crippen molar-refractivity contribution < 1.29 is 9.53 Å². The minimum absolute atomic E-state index is 0.0317. The number of nitrogens with one attached hydrogen (secondary N) is 2. The third kappa shape index (κ3) is 4.32. The number of hydrogen-bond donors (Lipinski definition) is 2. The van der Waals surface area contributed by atoms with E-state index in [0.29, 0.717) is 18.9 Å². The molecular weight excluding hydrogens is 252 g/mol. The van der Waals surface area contributed by atoms with E-state index >= 15 is 0 Å². The lowest BCUT2D eigenvalue weighted by Crippen LogP contribution is -2.43. The van der Waals surface area contributed by atoms with Gasteiger partial charge >= 0.3 is 0 Å². The summed E-state index contributed by atoms with van der Waals surface area (Å²) in [5.74, 6) is 0.590. The third-order valence-electron chi connectivity index (χ3n) is 3.81. The molecule has 0 saturated carbocycles. The summed E-state index contributed by atoms with van der Waals surface area (Å²) < 4.78 is 5.35. The predicted molar refractivity (Wildman–Crippen MR) is 81.0 cm³/mol. The van der Waals surface area contributed by atoms with Crippen LogP contribution in [0.4, 0.5) is 5.69 Å². The summed E-state index contributed by atoms with van der Waals surface area (Å²) in [5.41, 5.74) is 2.17. The first-order valence-electron chi connectivity index (χ1n) is 7.40. The topological polar surface area (TPSA) is 50.4 Å². The fourth-order valence-corrected chi connectivity index (χ4v) is 2.32. The molecule has 4 heteroatoms. The monoisotopic (exact) mass is 276 g/mol.